The van der Waals surface area contributed by atoms with Gasteiger partial charge in [-0.05, 0) is 53.8 Å². The maximum Gasteiger partial charge on any atom is 0.270 e. The molecule has 1 amide bonds. The molecular formula is C32H28N4O2. The molecule has 1 fully saturated rings. The van der Waals surface area contributed by atoms with Crippen molar-refractivity contribution in [2.24, 2.45) is 0 Å². The lowest BCUT2D eigenvalue weighted by atomic mass is 9.99. The molecule has 3 aromatic carbocycles. The molecule has 1 N–H and O–H groups in total. The smallest absolute Gasteiger partial charge is 0.270 e. The van der Waals surface area contributed by atoms with Crippen molar-refractivity contribution < 1.29 is 9.59 Å². The number of carbonyl (C=O) groups excluding carboxylic acids is 2. The largest absolute Gasteiger partial charge is 0.348 e. The quantitative estimate of drug-likeness (QED) is 0.351. The number of piperidine rings is 1. The van der Waals surface area contributed by atoms with Gasteiger partial charge < -0.3 is 5.32 Å². The van der Waals surface area contributed by atoms with E-state index in [0.29, 0.717) is 22.4 Å². The third-order valence-electron chi connectivity index (χ3n) is 6.92. The van der Waals surface area contributed by atoms with Crippen molar-refractivity contribution in [3.05, 3.63) is 125 Å². The monoisotopic (exact) mass is 500 g/mol. The highest BCUT2D eigenvalue weighted by molar-refractivity contribution is 6.09. The molecule has 6 nitrogen and oxygen atoms in total. The SMILES string of the molecule is N#Cc1ccc(-c2ccc(C(=O)c3ccc(C(=O)NC4CCN(Cc5ccccc5)CC4)nc3)cc2)cc1. The number of carbonyl (C=O) groups is 2. The van der Waals surface area contributed by atoms with Crippen molar-refractivity contribution in [3.8, 4) is 17.2 Å². The van der Waals surface area contributed by atoms with Crippen LogP contribution in [0, 0.1) is 11.3 Å². The highest BCUT2D eigenvalue weighted by Crippen LogP contribution is 2.21. The summed E-state index contributed by atoms with van der Waals surface area (Å²) in [7, 11) is 0. The Hall–Kier alpha value is -4.60. The van der Waals surface area contributed by atoms with Crippen LogP contribution in [0.2, 0.25) is 0 Å². The molecule has 0 atom stereocenters. The Kier molecular flexibility index (Phi) is 7.67. The first-order chi connectivity index (χ1) is 18.6. The Morgan fingerprint density at radius 2 is 1.47 bits per heavy atom. The number of benzene rings is 3. The molecule has 0 saturated carbocycles. The topological polar surface area (TPSA) is 86.1 Å². The predicted octanol–water partition coefficient (Wildman–Crippen LogP) is 5.25. The summed E-state index contributed by atoms with van der Waals surface area (Å²) >= 11 is 0. The van der Waals surface area contributed by atoms with Gasteiger partial charge in [0.25, 0.3) is 5.91 Å². The second-order valence-corrected chi connectivity index (χ2v) is 9.54. The standard InChI is InChI=1S/C32H28N4O2/c33-20-23-6-8-25(9-7-23)26-10-12-27(13-11-26)31(37)28-14-15-30(34-21-28)32(38)35-29-16-18-36(19-17-29)22-24-4-2-1-3-5-24/h1-15,21,29H,16-19,22H2,(H,35,38). The third-order valence-corrected chi connectivity index (χ3v) is 6.92. The third kappa shape index (κ3) is 6.03. The number of pyridine rings is 1. The molecule has 38 heavy (non-hydrogen) atoms. The average Bonchev–Trinajstić information content (AvgIpc) is 2.98. The zero-order valence-corrected chi connectivity index (χ0v) is 21.0. The van der Waals surface area contributed by atoms with Crippen LogP contribution in [-0.2, 0) is 6.54 Å². The summed E-state index contributed by atoms with van der Waals surface area (Å²) in [5, 5.41) is 12.1. The van der Waals surface area contributed by atoms with Crippen molar-refractivity contribution in [1.29, 1.82) is 5.26 Å². The van der Waals surface area contributed by atoms with E-state index in [1.165, 1.54) is 11.8 Å². The van der Waals surface area contributed by atoms with Gasteiger partial charge in [0, 0.05) is 43.0 Å². The normalized spacial score (nSPS) is 14.0. The molecule has 1 aromatic heterocycles. The molecule has 0 aliphatic carbocycles. The molecule has 0 unspecified atom stereocenters. The summed E-state index contributed by atoms with van der Waals surface area (Å²) in [6, 6.07) is 30.6. The Morgan fingerprint density at radius 1 is 0.842 bits per heavy atom. The minimum Gasteiger partial charge on any atom is -0.348 e. The van der Waals surface area contributed by atoms with Gasteiger partial charge in [-0.25, -0.2) is 0 Å². The Labute approximate surface area is 222 Å². The van der Waals surface area contributed by atoms with E-state index in [2.05, 4.69) is 45.5 Å². The second-order valence-electron chi connectivity index (χ2n) is 9.54. The second kappa shape index (κ2) is 11.6. The lowest BCUT2D eigenvalue weighted by Crippen LogP contribution is -2.44. The van der Waals surface area contributed by atoms with Gasteiger partial charge in [-0.3, -0.25) is 19.5 Å². The molecule has 0 bridgehead atoms. The van der Waals surface area contributed by atoms with Crippen LogP contribution in [0.5, 0.6) is 0 Å². The summed E-state index contributed by atoms with van der Waals surface area (Å²) in [6.07, 6.45) is 3.26. The van der Waals surface area contributed by atoms with E-state index in [4.69, 9.17) is 5.26 Å². The first kappa shape index (κ1) is 25.1. The number of aromatic nitrogens is 1. The number of rotatable bonds is 7. The Bertz CT molecular complexity index is 1430. The average molecular weight is 501 g/mol. The van der Waals surface area contributed by atoms with Gasteiger partial charge in [-0.1, -0.05) is 66.7 Å². The summed E-state index contributed by atoms with van der Waals surface area (Å²) in [6.45, 7) is 2.80. The zero-order valence-electron chi connectivity index (χ0n) is 21.0. The van der Waals surface area contributed by atoms with Crippen molar-refractivity contribution >= 4 is 11.7 Å². The van der Waals surface area contributed by atoms with Gasteiger partial charge in [-0.15, -0.1) is 0 Å². The van der Waals surface area contributed by atoms with Gasteiger partial charge in [0.05, 0.1) is 11.6 Å². The van der Waals surface area contributed by atoms with Gasteiger partial charge in [0.15, 0.2) is 5.78 Å². The lowest BCUT2D eigenvalue weighted by molar-refractivity contribution is 0.0902. The van der Waals surface area contributed by atoms with Gasteiger partial charge in [-0.2, -0.15) is 5.26 Å². The number of nitriles is 1. The number of nitrogens with one attached hydrogen (secondary N) is 1. The molecular weight excluding hydrogens is 472 g/mol. The zero-order chi connectivity index (χ0) is 26.3. The Morgan fingerprint density at radius 3 is 2.08 bits per heavy atom. The molecule has 6 heteroatoms. The van der Waals surface area contributed by atoms with E-state index in [-0.39, 0.29) is 17.7 Å². The molecule has 0 radical (unpaired) electrons. The first-order valence-corrected chi connectivity index (χ1v) is 12.8. The Balaban J connectivity index is 1.14. The van der Waals surface area contributed by atoms with Crippen molar-refractivity contribution in [3.63, 3.8) is 0 Å². The van der Waals surface area contributed by atoms with Crippen LogP contribution >= 0.6 is 0 Å². The molecule has 5 rings (SSSR count). The lowest BCUT2D eigenvalue weighted by Gasteiger charge is -2.32. The molecule has 188 valence electrons. The summed E-state index contributed by atoms with van der Waals surface area (Å²) in [5.74, 6) is -0.362. The maximum atomic E-state index is 13.0. The minimum atomic E-state index is -0.211. The van der Waals surface area contributed by atoms with Crippen LogP contribution in [0.4, 0.5) is 0 Å². The highest BCUT2D eigenvalue weighted by atomic mass is 16.2. The number of nitrogens with zero attached hydrogens (tertiary/aromatic N) is 3. The van der Waals surface area contributed by atoms with Crippen LogP contribution < -0.4 is 5.32 Å². The minimum absolute atomic E-state index is 0.118. The predicted molar refractivity (Wildman–Crippen MR) is 146 cm³/mol. The van der Waals surface area contributed by atoms with E-state index in [0.717, 1.165) is 43.6 Å². The van der Waals surface area contributed by atoms with E-state index in [9.17, 15) is 9.59 Å². The van der Waals surface area contributed by atoms with Crippen molar-refractivity contribution in [2.45, 2.75) is 25.4 Å². The van der Waals surface area contributed by atoms with Gasteiger partial charge in [0.2, 0.25) is 0 Å². The van der Waals surface area contributed by atoms with E-state index < -0.39 is 0 Å². The highest BCUT2D eigenvalue weighted by Gasteiger charge is 2.22. The fourth-order valence-electron chi connectivity index (χ4n) is 4.72. The fourth-order valence-corrected chi connectivity index (χ4v) is 4.72. The summed E-state index contributed by atoms with van der Waals surface area (Å²) < 4.78 is 0. The van der Waals surface area contributed by atoms with Crippen LogP contribution in [-0.4, -0.2) is 40.7 Å². The van der Waals surface area contributed by atoms with E-state index in [1.54, 1.807) is 36.4 Å². The number of hydrogen-bond donors (Lipinski definition) is 1. The summed E-state index contributed by atoms with van der Waals surface area (Å²) in [4.78, 5) is 32.4. The van der Waals surface area contributed by atoms with Crippen molar-refractivity contribution in [1.82, 2.24) is 15.2 Å². The molecule has 1 aliphatic rings. The van der Waals surface area contributed by atoms with Crippen LogP contribution in [0.1, 0.15) is 50.4 Å². The summed E-state index contributed by atoms with van der Waals surface area (Å²) in [5.41, 5.74) is 5.13. The number of likely N-dealkylation sites (tertiary alicyclic amines) is 1. The van der Waals surface area contributed by atoms with Crippen LogP contribution in [0.3, 0.4) is 0 Å². The molecule has 1 aliphatic heterocycles. The van der Waals surface area contributed by atoms with Crippen LogP contribution in [0.25, 0.3) is 11.1 Å². The van der Waals surface area contributed by atoms with E-state index in [1.807, 2.05) is 30.3 Å². The maximum absolute atomic E-state index is 13.0. The van der Waals surface area contributed by atoms with Gasteiger partial charge in [0.1, 0.15) is 5.69 Å². The molecule has 1 saturated heterocycles. The van der Waals surface area contributed by atoms with Crippen molar-refractivity contribution in [2.75, 3.05) is 13.1 Å². The number of hydrogen-bond acceptors (Lipinski definition) is 5. The van der Waals surface area contributed by atoms with Gasteiger partial charge >= 0.3 is 0 Å². The first-order valence-electron chi connectivity index (χ1n) is 12.8. The number of ketones is 1. The van der Waals surface area contributed by atoms with Crippen LogP contribution in [0.15, 0.2) is 97.2 Å². The molecule has 4 aromatic rings. The molecule has 0 spiro atoms. The number of amides is 1. The van der Waals surface area contributed by atoms with E-state index >= 15 is 0 Å². The fraction of sp³-hybridized carbons (Fsp3) is 0.188. The molecule has 2 heterocycles.